The van der Waals surface area contributed by atoms with E-state index in [2.05, 4.69) is 4.90 Å². The van der Waals surface area contributed by atoms with E-state index in [1.54, 1.807) is 12.1 Å². The first-order valence-electron chi connectivity index (χ1n) is 5.84. The highest BCUT2D eigenvalue weighted by atomic mass is 16.6. The predicted octanol–water partition coefficient (Wildman–Crippen LogP) is 1.95. The minimum Gasteiger partial charge on any atom is -0.394 e. The Morgan fingerprint density at radius 3 is 2.65 bits per heavy atom. The van der Waals surface area contributed by atoms with Crippen molar-refractivity contribution >= 4 is 11.4 Å². The third-order valence-electron chi connectivity index (χ3n) is 3.23. The number of hydrogen-bond donors (Lipinski definition) is 1. The molecule has 0 aliphatic carbocycles. The van der Waals surface area contributed by atoms with Crippen LogP contribution in [0, 0.1) is 10.1 Å². The Morgan fingerprint density at radius 2 is 2.06 bits per heavy atom. The summed E-state index contributed by atoms with van der Waals surface area (Å²) in [6, 6.07) is 6.68. The van der Waals surface area contributed by atoms with E-state index in [1.807, 2.05) is 0 Å². The van der Waals surface area contributed by atoms with E-state index in [0.717, 1.165) is 31.5 Å². The van der Waals surface area contributed by atoms with E-state index in [4.69, 9.17) is 0 Å². The van der Waals surface area contributed by atoms with Crippen LogP contribution in [0.3, 0.4) is 0 Å². The second-order valence-corrected chi connectivity index (χ2v) is 4.30. The van der Waals surface area contributed by atoms with Crippen LogP contribution in [0.5, 0.6) is 0 Å². The van der Waals surface area contributed by atoms with E-state index < -0.39 is 4.92 Å². The maximum atomic E-state index is 10.6. The SMILES string of the molecule is O=[N+]([O-])c1ccc(N2CCCCC2CO)cc1. The van der Waals surface area contributed by atoms with Crippen molar-refractivity contribution in [2.24, 2.45) is 0 Å². The molecule has 1 fully saturated rings. The fraction of sp³-hybridized carbons (Fsp3) is 0.500. The molecule has 1 N–H and O–H groups in total. The van der Waals surface area contributed by atoms with E-state index in [9.17, 15) is 15.2 Å². The zero-order chi connectivity index (χ0) is 12.3. The number of aliphatic hydroxyl groups excluding tert-OH is 1. The normalized spacial score (nSPS) is 20.3. The van der Waals surface area contributed by atoms with Gasteiger partial charge in [0, 0.05) is 24.4 Å². The Labute approximate surface area is 99.8 Å². The summed E-state index contributed by atoms with van der Waals surface area (Å²) in [5.74, 6) is 0. The molecule has 1 aliphatic rings. The number of nitrogens with zero attached hydrogens (tertiary/aromatic N) is 2. The lowest BCUT2D eigenvalue weighted by Gasteiger charge is -2.36. The monoisotopic (exact) mass is 236 g/mol. The number of anilines is 1. The van der Waals surface area contributed by atoms with Crippen LogP contribution in [0.2, 0.25) is 0 Å². The quantitative estimate of drug-likeness (QED) is 0.643. The molecule has 0 radical (unpaired) electrons. The van der Waals surface area contributed by atoms with Crippen molar-refractivity contribution in [1.29, 1.82) is 0 Å². The largest absolute Gasteiger partial charge is 0.394 e. The van der Waals surface area contributed by atoms with Gasteiger partial charge in [-0.05, 0) is 31.4 Å². The Kier molecular flexibility index (Phi) is 3.58. The van der Waals surface area contributed by atoms with Crippen LogP contribution in [0.1, 0.15) is 19.3 Å². The molecule has 1 aliphatic heterocycles. The summed E-state index contributed by atoms with van der Waals surface area (Å²) < 4.78 is 0. The fourth-order valence-electron chi connectivity index (χ4n) is 2.30. The highest BCUT2D eigenvalue weighted by Crippen LogP contribution is 2.26. The molecule has 5 heteroatoms. The van der Waals surface area contributed by atoms with Crippen LogP contribution >= 0.6 is 0 Å². The number of rotatable bonds is 3. The molecule has 0 bridgehead atoms. The molecule has 1 heterocycles. The van der Waals surface area contributed by atoms with Gasteiger partial charge in [-0.1, -0.05) is 0 Å². The van der Waals surface area contributed by atoms with Crippen LogP contribution in [0.4, 0.5) is 11.4 Å². The molecule has 0 spiro atoms. The van der Waals surface area contributed by atoms with Gasteiger partial charge in [-0.25, -0.2) is 0 Å². The lowest BCUT2D eigenvalue weighted by atomic mass is 10.0. The zero-order valence-corrected chi connectivity index (χ0v) is 9.58. The molecule has 0 saturated carbocycles. The van der Waals surface area contributed by atoms with Gasteiger partial charge >= 0.3 is 0 Å². The van der Waals surface area contributed by atoms with Gasteiger partial charge < -0.3 is 10.0 Å². The highest BCUT2D eigenvalue weighted by Gasteiger charge is 2.22. The zero-order valence-electron chi connectivity index (χ0n) is 9.58. The summed E-state index contributed by atoms with van der Waals surface area (Å²) in [6.45, 7) is 1.04. The standard InChI is InChI=1S/C12H16N2O3/c15-9-12-3-1-2-8-13(12)10-4-6-11(7-5-10)14(16)17/h4-7,12,15H,1-3,8-9H2. The first kappa shape index (κ1) is 11.9. The van der Waals surface area contributed by atoms with Crippen molar-refractivity contribution in [2.45, 2.75) is 25.3 Å². The maximum absolute atomic E-state index is 10.6. The van der Waals surface area contributed by atoms with Gasteiger partial charge in [0.25, 0.3) is 5.69 Å². The van der Waals surface area contributed by atoms with Gasteiger partial charge in [0.1, 0.15) is 0 Å². The number of hydrogen-bond acceptors (Lipinski definition) is 4. The number of non-ortho nitro benzene ring substituents is 1. The lowest BCUT2D eigenvalue weighted by Crippen LogP contribution is -2.41. The third kappa shape index (κ3) is 2.55. The van der Waals surface area contributed by atoms with E-state index >= 15 is 0 Å². The number of piperidine rings is 1. The smallest absolute Gasteiger partial charge is 0.269 e. The third-order valence-corrected chi connectivity index (χ3v) is 3.23. The summed E-state index contributed by atoms with van der Waals surface area (Å²) in [6.07, 6.45) is 3.22. The summed E-state index contributed by atoms with van der Waals surface area (Å²) in [4.78, 5) is 12.3. The number of benzene rings is 1. The van der Waals surface area contributed by atoms with Crippen molar-refractivity contribution < 1.29 is 10.0 Å². The van der Waals surface area contributed by atoms with Gasteiger partial charge in [0.15, 0.2) is 0 Å². The van der Waals surface area contributed by atoms with E-state index in [1.165, 1.54) is 12.1 Å². The summed E-state index contributed by atoms with van der Waals surface area (Å²) in [5, 5.41) is 19.9. The Morgan fingerprint density at radius 1 is 1.35 bits per heavy atom. The minimum absolute atomic E-state index is 0.103. The predicted molar refractivity (Wildman–Crippen MR) is 65.2 cm³/mol. The molecule has 1 atom stereocenters. The van der Waals surface area contributed by atoms with Crippen molar-refractivity contribution in [1.82, 2.24) is 0 Å². The molecule has 5 nitrogen and oxygen atoms in total. The maximum Gasteiger partial charge on any atom is 0.269 e. The second kappa shape index (κ2) is 5.14. The molecule has 17 heavy (non-hydrogen) atoms. The molecule has 92 valence electrons. The second-order valence-electron chi connectivity index (χ2n) is 4.30. The lowest BCUT2D eigenvalue weighted by molar-refractivity contribution is -0.384. The first-order valence-corrected chi connectivity index (χ1v) is 5.84. The van der Waals surface area contributed by atoms with Gasteiger partial charge in [0.2, 0.25) is 0 Å². The van der Waals surface area contributed by atoms with Gasteiger partial charge in [-0.2, -0.15) is 0 Å². The molecule has 1 aromatic carbocycles. The highest BCUT2D eigenvalue weighted by molar-refractivity contribution is 5.52. The Hall–Kier alpha value is -1.62. The average molecular weight is 236 g/mol. The molecule has 2 rings (SSSR count). The molecular formula is C12H16N2O3. The number of nitro benzene ring substituents is 1. The number of nitro groups is 1. The molecule has 1 unspecified atom stereocenters. The summed E-state index contributed by atoms with van der Waals surface area (Å²) in [7, 11) is 0. The summed E-state index contributed by atoms with van der Waals surface area (Å²) in [5.41, 5.74) is 1.06. The molecular weight excluding hydrogens is 220 g/mol. The van der Waals surface area contributed by atoms with E-state index in [0.29, 0.717) is 0 Å². The first-order chi connectivity index (χ1) is 8.22. The van der Waals surface area contributed by atoms with Crippen molar-refractivity contribution in [3.63, 3.8) is 0 Å². The number of aliphatic hydroxyl groups is 1. The Balaban J connectivity index is 2.17. The van der Waals surface area contributed by atoms with E-state index in [-0.39, 0.29) is 18.3 Å². The summed E-state index contributed by atoms with van der Waals surface area (Å²) >= 11 is 0. The van der Waals surface area contributed by atoms with Crippen LogP contribution in [-0.4, -0.2) is 29.2 Å². The van der Waals surface area contributed by atoms with Crippen LogP contribution in [-0.2, 0) is 0 Å². The molecule has 1 aromatic rings. The van der Waals surface area contributed by atoms with Gasteiger partial charge in [-0.15, -0.1) is 0 Å². The topological polar surface area (TPSA) is 66.6 Å². The van der Waals surface area contributed by atoms with Crippen LogP contribution in [0.15, 0.2) is 24.3 Å². The average Bonchev–Trinajstić information content (AvgIpc) is 2.39. The molecule has 0 aromatic heterocycles. The van der Waals surface area contributed by atoms with Crippen LogP contribution < -0.4 is 4.90 Å². The fourth-order valence-corrected chi connectivity index (χ4v) is 2.30. The van der Waals surface area contributed by atoms with Crippen LogP contribution in [0.25, 0.3) is 0 Å². The molecule has 1 saturated heterocycles. The van der Waals surface area contributed by atoms with Crippen molar-refractivity contribution in [2.75, 3.05) is 18.1 Å². The Bertz CT molecular complexity index is 391. The minimum atomic E-state index is -0.399. The van der Waals surface area contributed by atoms with Gasteiger partial charge in [0.05, 0.1) is 17.6 Å². The van der Waals surface area contributed by atoms with Crippen molar-refractivity contribution in [3.05, 3.63) is 34.4 Å². The van der Waals surface area contributed by atoms with Crippen molar-refractivity contribution in [3.8, 4) is 0 Å². The molecule has 0 amide bonds. The van der Waals surface area contributed by atoms with Gasteiger partial charge in [-0.3, -0.25) is 10.1 Å².